The van der Waals surface area contributed by atoms with Gasteiger partial charge in [0.1, 0.15) is 11.5 Å². The van der Waals surface area contributed by atoms with Crippen LogP contribution in [0.2, 0.25) is 0 Å². The van der Waals surface area contributed by atoms with Gasteiger partial charge in [0, 0.05) is 22.8 Å². The second-order valence-corrected chi connectivity index (χ2v) is 7.82. The predicted molar refractivity (Wildman–Crippen MR) is 87.9 cm³/mol. The molecule has 0 saturated carbocycles. The van der Waals surface area contributed by atoms with Crippen LogP contribution in [0.25, 0.3) is 0 Å². The first-order chi connectivity index (χ1) is 10.3. The Kier molecular flexibility index (Phi) is 5.23. The van der Waals surface area contributed by atoms with E-state index in [2.05, 4.69) is 11.8 Å². The van der Waals surface area contributed by atoms with E-state index >= 15 is 0 Å². The van der Waals surface area contributed by atoms with Gasteiger partial charge in [-0.25, -0.2) is 0 Å². The summed E-state index contributed by atoms with van der Waals surface area (Å²) in [4.78, 5) is 12.4. The molecule has 3 rings (SSSR count). The average Bonchev–Trinajstić information content (AvgIpc) is 2.52. The Bertz CT molecular complexity index is 448. The summed E-state index contributed by atoms with van der Waals surface area (Å²) in [7, 11) is 0. The summed E-state index contributed by atoms with van der Waals surface area (Å²) in [5.41, 5.74) is 0. The van der Waals surface area contributed by atoms with Crippen molar-refractivity contribution < 1.29 is 9.53 Å². The van der Waals surface area contributed by atoms with Gasteiger partial charge < -0.3 is 4.74 Å². The summed E-state index contributed by atoms with van der Waals surface area (Å²) < 4.78 is 5.66. The SMILES string of the molecule is O=C(CCCOc1ccccc1)C1CC2CCCC(C1)S2. The third-order valence-electron chi connectivity index (χ3n) is 4.57. The van der Waals surface area contributed by atoms with E-state index < -0.39 is 0 Å². The maximum Gasteiger partial charge on any atom is 0.136 e. The van der Waals surface area contributed by atoms with Gasteiger partial charge in [0.25, 0.3) is 0 Å². The van der Waals surface area contributed by atoms with Crippen molar-refractivity contribution in [3.63, 3.8) is 0 Å². The Balaban J connectivity index is 1.38. The molecule has 2 atom stereocenters. The van der Waals surface area contributed by atoms with Crippen LogP contribution in [0.1, 0.15) is 44.9 Å². The summed E-state index contributed by atoms with van der Waals surface area (Å²) in [6.07, 6.45) is 7.78. The summed E-state index contributed by atoms with van der Waals surface area (Å²) in [6.45, 7) is 0.643. The van der Waals surface area contributed by atoms with Crippen LogP contribution < -0.4 is 4.74 Å². The summed E-state index contributed by atoms with van der Waals surface area (Å²) in [5.74, 6) is 1.70. The van der Waals surface area contributed by atoms with Gasteiger partial charge in [-0.3, -0.25) is 4.79 Å². The molecule has 2 fully saturated rings. The lowest BCUT2D eigenvalue weighted by Gasteiger charge is -2.38. The highest BCUT2D eigenvalue weighted by molar-refractivity contribution is 8.00. The topological polar surface area (TPSA) is 26.3 Å². The quantitative estimate of drug-likeness (QED) is 0.725. The van der Waals surface area contributed by atoms with E-state index in [-0.39, 0.29) is 0 Å². The van der Waals surface area contributed by atoms with Gasteiger partial charge in [-0.05, 0) is 44.2 Å². The molecule has 2 nitrogen and oxygen atoms in total. The lowest BCUT2D eigenvalue weighted by atomic mass is 9.85. The zero-order valence-corrected chi connectivity index (χ0v) is 13.3. The molecular weight excluding hydrogens is 280 g/mol. The van der Waals surface area contributed by atoms with Crippen LogP contribution >= 0.6 is 11.8 Å². The van der Waals surface area contributed by atoms with Crippen molar-refractivity contribution >= 4 is 17.5 Å². The maximum atomic E-state index is 12.4. The minimum Gasteiger partial charge on any atom is -0.494 e. The fraction of sp³-hybridized carbons (Fsp3) is 0.611. The molecule has 0 N–H and O–H groups in total. The third kappa shape index (κ3) is 4.26. The van der Waals surface area contributed by atoms with Gasteiger partial charge in [0.2, 0.25) is 0 Å². The standard InChI is InChI=1S/C18H24O2S/c19-18(10-5-11-20-15-6-2-1-3-7-15)14-12-16-8-4-9-17(13-14)21-16/h1-3,6-7,14,16-17H,4-5,8-13H2. The first-order valence-electron chi connectivity index (χ1n) is 8.17. The van der Waals surface area contributed by atoms with Crippen molar-refractivity contribution in [2.45, 2.75) is 55.4 Å². The van der Waals surface area contributed by atoms with Crippen molar-refractivity contribution in [3.8, 4) is 5.75 Å². The number of Topliss-reactive ketones (excluding diaryl/α,β-unsaturated/α-hetero) is 1. The summed E-state index contributed by atoms with van der Waals surface area (Å²) in [5, 5.41) is 1.51. The van der Waals surface area contributed by atoms with Crippen molar-refractivity contribution in [3.05, 3.63) is 30.3 Å². The van der Waals surface area contributed by atoms with Crippen LogP contribution in [-0.2, 0) is 4.79 Å². The Labute approximate surface area is 131 Å². The third-order valence-corrected chi connectivity index (χ3v) is 6.19. The molecule has 2 heterocycles. The Morgan fingerprint density at radius 3 is 2.57 bits per heavy atom. The first kappa shape index (κ1) is 15.0. The number of benzene rings is 1. The highest BCUT2D eigenvalue weighted by atomic mass is 32.2. The van der Waals surface area contributed by atoms with E-state index in [1.165, 1.54) is 19.3 Å². The zero-order valence-electron chi connectivity index (χ0n) is 12.5. The zero-order chi connectivity index (χ0) is 14.5. The van der Waals surface area contributed by atoms with E-state index in [1.54, 1.807) is 0 Å². The monoisotopic (exact) mass is 304 g/mol. The summed E-state index contributed by atoms with van der Waals surface area (Å²) >= 11 is 2.14. The number of carbonyl (C=O) groups excluding carboxylic acids is 1. The number of ketones is 1. The van der Waals surface area contributed by atoms with Gasteiger partial charge in [-0.2, -0.15) is 11.8 Å². The fourth-order valence-electron chi connectivity index (χ4n) is 3.48. The Morgan fingerprint density at radius 1 is 1.14 bits per heavy atom. The van der Waals surface area contributed by atoms with E-state index in [9.17, 15) is 4.79 Å². The molecule has 2 bridgehead atoms. The largest absolute Gasteiger partial charge is 0.494 e. The number of carbonyl (C=O) groups is 1. The second-order valence-electron chi connectivity index (χ2n) is 6.21. The molecule has 2 aliphatic heterocycles. The number of ether oxygens (including phenoxy) is 1. The van der Waals surface area contributed by atoms with Gasteiger partial charge in [0.15, 0.2) is 0 Å². The van der Waals surface area contributed by atoms with Crippen molar-refractivity contribution in [1.29, 1.82) is 0 Å². The van der Waals surface area contributed by atoms with Gasteiger partial charge in [-0.15, -0.1) is 0 Å². The second kappa shape index (κ2) is 7.35. The van der Waals surface area contributed by atoms with Crippen LogP contribution in [0, 0.1) is 5.92 Å². The van der Waals surface area contributed by atoms with Gasteiger partial charge >= 0.3 is 0 Å². The first-order valence-corrected chi connectivity index (χ1v) is 9.11. The van der Waals surface area contributed by atoms with Crippen LogP contribution in [-0.4, -0.2) is 22.9 Å². The molecule has 114 valence electrons. The molecule has 2 unspecified atom stereocenters. The Morgan fingerprint density at radius 2 is 1.86 bits per heavy atom. The molecule has 2 saturated heterocycles. The molecule has 2 aliphatic rings. The van der Waals surface area contributed by atoms with E-state index in [1.807, 2.05) is 30.3 Å². The number of para-hydroxylation sites is 1. The minimum absolute atomic E-state index is 0.332. The number of fused-ring (bicyclic) bond motifs is 2. The molecule has 1 aromatic carbocycles. The maximum absolute atomic E-state index is 12.4. The smallest absolute Gasteiger partial charge is 0.136 e. The molecule has 1 aromatic rings. The normalized spacial score (nSPS) is 28.1. The molecule has 0 aromatic heterocycles. The molecular formula is C18H24O2S. The van der Waals surface area contributed by atoms with E-state index in [0.29, 0.717) is 24.7 Å². The molecule has 3 heteroatoms. The number of rotatable bonds is 6. The molecule has 0 amide bonds. The van der Waals surface area contributed by atoms with Crippen LogP contribution in [0.5, 0.6) is 5.75 Å². The highest BCUT2D eigenvalue weighted by Crippen LogP contribution is 2.44. The number of hydrogen-bond donors (Lipinski definition) is 0. The van der Waals surface area contributed by atoms with Gasteiger partial charge in [-0.1, -0.05) is 24.6 Å². The molecule has 21 heavy (non-hydrogen) atoms. The molecule has 0 radical (unpaired) electrons. The van der Waals surface area contributed by atoms with E-state index in [4.69, 9.17) is 4.74 Å². The Hall–Kier alpha value is -0.960. The average molecular weight is 304 g/mol. The van der Waals surface area contributed by atoms with Gasteiger partial charge in [0.05, 0.1) is 6.61 Å². The number of thioether (sulfide) groups is 1. The van der Waals surface area contributed by atoms with Crippen molar-refractivity contribution in [2.75, 3.05) is 6.61 Å². The van der Waals surface area contributed by atoms with Crippen LogP contribution in [0.15, 0.2) is 30.3 Å². The molecule has 0 aliphatic carbocycles. The van der Waals surface area contributed by atoms with Crippen LogP contribution in [0.3, 0.4) is 0 Å². The van der Waals surface area contributed by atoms with Crippen molar-refractivity contribution in [1.82, 2.24) is 0 Å². The van der Waals surface area contributed by atoms with Crippen LogP contribution in [0.4, 0.5) is 0 Å². The van der Waals surface area contributed by atoms with E-state index in [0.717, 1.165) is 35.5 Å². The van der Waals surface area contributed by atoms with Crippen molar-refractivity contribution in [2.24, 2.45) is 5.92 Å². The summed E-state index contributed by atoms with van der Waals surface area (Å²) in [6, 6.07) is 9.84. The minimum atomic E-state index is 0.332. The predicted octanol–water partition coefficient (Wildman–Crippen LogP) is 4.48. The lowest BCUT2D eigenvalue weighted by Crippen LogP contribution is -2.32. The molecule has 0 spiro atoms. The lowest BCUT2D eigenvalue weighted by molar-refractivity contribution is -0.123. The fourth-order valence-corrected chi connectivity index (χ4v) is 5.32. The number of hydrogen-bond acceptors (Lipinski definition) is 3. The highest BCUT2D eigenvalue weighted by Gasteiger charge is 2.35.